The Morgan fingerprint density at radius 1 is 1.29 bits per heavy atom. The summed E-state index contributed by atoms with van der Waals surface area (Å²) in [5, 5.41) is 13.2. The van der Waals surface area contributed by atoms with Crippen molar-refractivity contribution >= 4 is 0 Å². The van der Waals surface area contributed by atoms with Crippen molar-refractivity contribution in [3.63, 3.8) is 0 Å². The normalized spacial score (nSPS) is 11.7. The van der Waals surface area contributed by atoms with Crippen molar-refractivity contribution in [2.45, 2.75) is 32.7 Å². The van der Waals surface area contributed by atoms with Gasteiger partial charge in [-0.05, 0) is 18.6 Å². The number of hydrogen-bond donors (Lipinski definition) is 1. The van der Waals surface area contributed by atoms with E-state index in [1.165, 1.54) is 18.2 Å². The van der Waals surface area contributed by atoms with E-state index in [0.29, 0.717) is 17.7 Å². The molecule has 7 heteroatoms. The Hall–Kier alpha value is -2.02. The smallest absolute Gasteiger partial charge is 0.405 e. The molecule has 0 bridgehead atoms. The summed E-state index contributed by atoms with van der Waals surface area (Å²) in [5.74, 6) is 0.0906. The van der Waals surface area contributed by atoms with Crippen molar-refractivity contribution in [1.82, 2.24) is 5.16 Å². The Kier molecular flexibility index (Phi) is 4.52. The number of aliphatic hydroxyl groups is 1. The molecule has 1 aromatic carbocycles. The maximum absolute atomic E-state index is 12.4. The molecule has 0 saturated carbocycles. The summed E-state index contributed by atoms with van der Waals surface area (Å²) in [6.07, 6.45) is -3.49. The number of aromatic nitrogens is 1. The zero-order chi connectivity index (χ0) is 15.5. The molecule has 1 aromatic heterocycles. The van der Waals surface area contributed by atoms with Crippen LogP contribution in [0, 0.1) is 0 Å². The van der Waals surface area contributed by atoms with Crippen LogP contribution in [0.15, 0.2) is 28.8 Å². The monoisotopic (exact) mass is 301 g/mol. The number of nitrogens with zero attached hydrogens (tertiary/aromatic N) is 1. The molecule has 21 heavy (non-hydrogen) atoms. The minimum Gasteiger partial charge on any atom is -0.405 e. The SMILES string of the molecule is CCCc1onc(-c2ccccc2OC(F)(F)F)c1CO. The summed E-state index contributed by atoms with van der Waals surface area (Å²) in [5.41, 5.74) is 0.681. The maximum atomic E-state index is 12.4. The average Bonchev–Trinajstić information content (AvgIpc) is 2.81. The van der Waals surface area contributed by atoms with Gasteiger partial charge >= 0.3 is 6.36 Å². The Morgan fingerprint density at radius 2 is 2.00 bits per heavy atom. The van der Waals surface area contributed by atoms with Crippen LogP contribution in [-0.2, 0) is 13.0 Å². The van der Waals surface area contributed by atoms with Crippen LogP contribution in [0.4, 0.5) is 13.2 Å². The Balaban J connectivity index is 2.47. The van der Waals surface area contributed by atoms with Gasteiger partial charge in [0.1, 0.15) is 17.2 Å². The number of rotatable bonds is 5. The lowest BCUT2D eigenvalue weighted by Crippen LogP contribution is -2.17. The maximum Gasteiger partial charge on any atom is 0.573 e. The molecule has 1 heterocycles. The van der Waals surface area contributed by atoms with E-state index >= 15 is 0 Å². The summed E-state index contributed by atoms with van der Waals surface area (Å²) in [4.78, 5) is 0. The summed E-state index contributed by atoms with van der Waals surface area (Å²) < 4.78 is 46.4. The molecule has 1 N–H and O–H groups in total. The fraction of sp³-hybridized carbons (Fsp3) is 0.357. The van der Waals surface area contributed by atoms with Crippen LogP contribution in [0.1, 0.15) is 24.7 Å². The van der Waals surface area contributed by atoms with E-state index in [4.69, 9.17) is 4.52 Å². The second kappa shape index (κ2) is 6.17. The number of benzene rings is 1. The fourth-order valence-electron chi connectivity index (χ4n) is 2.02. The van der Waals surface area contributed by atoms with Crippen LogP contribution < -0.4 is 4.74 Å². The number of hydrogen-bond acceptors (Lipinski definition) is 4. The van der Waals surface area contributed by atoms with Gasteiger partial charge in [-0.15, -0.1) is 13.2 Å². The molecule has 0 aliphatic heterocycles. The summed E-state index contributed by atoms with van der Waals surface area (Å²) >= 11 is 0. The van der Waals surface area contributed by atoms with Gasteiger partial charge in [-0.3, -0.25) is 0 Å². The second-order valence-electron chi connectivity index (χ2n) is 4.38. The largest absolute Gasteiger partial charge is 0.573 e. The molecule has 2 aromatic rings. The lowest BCUT2D eigenvalue weighted by atomic mass is 10.0. The Bertz CT molecular complexity index is 608. The van der Waals surface area contributed by atoms with Crippen LogP contribution in [0.3, 0.4) is 0 Å². The van der Waals surface area contributed by atoms with Crippen LogP contribution in [0.25, 0.3) is 11.3 Å². The predicted octanol–water partition coefficient (Wildman–Crippen LogP) is 3.69. The first-order chi connectivity index (χ1) is 9.96. The van der Waals surface area contributed by atoms with Crippen LogP contribution in [0.2, 0.25) is 0 Å². The van der Waals surface area contributed by atoms with E-state index in [-0.39, 0.29) is 23.6 Å². The highest BCUT2D eigenvalue weighted by Gasteiger charge is 2.33. The van der Waals surface area contributed by atoms with Gasteiger partial charge in [-0.1, -0.05) is 24.2 Å². The van der Waals surface area contributed by atoms with E-state index < -0.39 is 6.36 Å². The molecule has 0 radical (unpaired) electrons. The standard InChI is InChI=1S/C14H14F3NO3/c1-2-5-12-10(8-19)13(18-21-12)9-6-3-4-7-11(9)20-14(15,16)17/h3-4,6-7,19H,2,5,8H2,1H3. The highest BCUT2D eigenvalue weighted by atomic mass is 19.4. The first-order valence-electron chi connectivity index (χ1n) is 6.39. The molecule has 114 valence electrons. The van der Waals surface area contributed by atoms with Gasteiger partial charge < -0.3 is 14.4 Å². The number of alkyl halides is 3. The van der Waals surface area contributed by atoms with Gasteiger partial charge in [0.15, 0.2) is 0 Å². The van der Waals surface area contributed by atoms with Crippen molar-refractivity contribution in [3.05, 3.63) is 35.6 Å². The van der Waals surface area contributed by atoms with Crippen molar-refractivity contribution in [3.8, 4) is 17.0 Å². The molecule has 0 aliphatic rings. The van der Waals surface area contributed by atoms with Crippen molar-refractivity contribution in [2.24, 2.45) is 0 Å². The number of aliphatic hydroxyl groups excluding tert-OH is 1. The molecule has 2 rings (SSSR count). The van der Waals surface area contributed by atoms with Gasteiger partial charge in [-0.25, -0.2) is 0 Å². The minimum atomic E-state index is -4.80. The third-order valence-electron chi connectivity index (χ3n) is 2.87. The fourth-order valence-corrected chi connectivity index (χ4v) is 2.02. The highest BCUT2D eigenvalue weighted by molar-refractivity contribution is 5.70. The number of aryl methyl sites for hydroxylation is 1. The molecule has 0 saturated heterocycles. The van der Waals surface area contributed by atoms with E-state index in [2.05, 4.69) is 9.89 Å². The van der Waals surface area contributed by atoms with E-state index in [0.717, 1.165) is 6.42 Å². The molecule has 0 aliphatic carbocycles. The Morgan fingerprint density at radius 3 is 2.62 bits per heavy atom. The van der Waals surface area contributed by atoms with Gasteiger partial charge in [0, 0.05) is 17.5 Å². The van der Waals surface area contributed by atoms with Gasteiger partial charge in [0.05, 0.1) is 6.61 Å². The highest BCUT2D eigenvalue weighted by Crippen LogP contribution is 2.36. The first kappa shape index (κ1) is 15.4. The zero-order valence-electron chi connectivity index (χ0n) is 11.3. The molecule has 4 nitrogen and oxygen atoms in total. The molecule has 0 atom stereocenters. The molecule has 0 fully saturated rings. The van der Waals surface area contributed by atoms with Crippen molar-refractivity contribution in [1.29, 1.82) is 0 Å². The van der Waals surface area contributed by atoms with Crippen molar-refractivity contribution in [2.75, 3.05) is 0 Å². The average molecular weight is 301 g/mol. The zero-order valence-corrected chi connectivity index (χ0v) is 11.3. The van der Waals surface area contributed by atoms with E-state index in [9.17, 15) is 18.3 Å². The van der Waals surface area contributed by atoms with Gasteiger partial charge in [0.2, 0.25) is 0 Å². The second-order valence-corrected chi connectivity index (χ2v) is 4.38. The van der Waals surface area contributed by atoms with Gasteiger partial charge in [-0.2, -0.15) is 0 Å². The summed E-state index contributed by atoms with van der Waals surface area (Å²) in [6.45, 7) is 1.55. The lowest BCUT2D eigenvalue weighted by Gasteiger charge is -2.12. The quantitative estimate of drug-likeness (QED) is 0.915. The van der Waals surface area contributed by atoms with Crippen LogP contribution >= 0.6 is 0 Å². The molecular weight excluding hydrogens is 287 g/mol. The molecular formula is C14H14F3NO3. The van der Waals surface area contributed by atoms with Crippen LogP contribution in [0.5, 0.6) is 5.75 Å². The molecule has 0 unspecified atom stereocenters. The molecule has 0 spiro atoms. The first-order valence-corrected chi connectivity index (χ1v) is 6.39. The van der Waals surface area contributed by atoms with Crippen LogP contribution in [-0.4, -0.2) is 16.6 Å². The third-order valence-corrected chi connectivity index (χ3v) is 2.87. The number of halogens is 3. The summed E-state index contributed by atoms with van der Waals surface area (Å²) in [6, 6.07) is 5.62. The lowest BCUT2D eigenvalue weighted by molar-refractivity contribution is -0.274. The number of para-hydroxylation sites is 1. The van der Waals surface area contributed by atoms with Gasteiger partial charge in [0.25, 0.3) is 0 Å². The van der Waals surface area contributed by atoms with Crippen molar-refractivity contribution < 1.29 is 27.5 Å². The van der Waals surface area contributed by atoms with E-state index in [1.807, 2.05) is 6.92 Å². The predicted molar refractivity (Wildman–Crippen MR) is 68.5 cm³/mol. The third kappa shape index (κ3) is 3.55. The number of ether oxygens (including phenoxy) is 1. The Labute approximate surface area is 119 Å². The summed E-state index contributed by atoms with van der Waals surface area (Å²) in [7, 11) is 0. The minimum absolute atomic E-state index is 0.130. The molecule has 0 amide bonds. The topological polar surface area (TPSA) is 55.5 Å². The van der Waals surface area contributed by atoms with E-state index in [1.54, 1.807) is 6.07 Å².